The maximum Gasteiger partial charge on any atom is 0.244 e. The number of carbonyl (C=O) groups is 1. The molecule has 0 aliphatic heterocycles. The van der Waals surface area contributed by atoms with Gasteiger partial charge in [0, 0.05) is 0 Å². The van der Waals surface area contributed by atoms with Gasteiger partial charge in [-0.15, -0.1) is 13.2 Å². The Morgan fingerprint density at radius 3 is 2.24 bits per heavy atom. The molecular formula is C14H16FNO. The first kappa shape index (κ1) is 13.2. The fourth-order valence-corrected chi connectivity index (χ4v) is 1.67. The van der Waals surface area contributed by atoms with Crippen LogP contribution in [0.5, 0.6) is 0 Å². The lowest BCUT2D eigenvalue weighted by molar-refractivity contribution is -0.117. The normalized spacial score (nSPS) is 15.1. The molecule has 0 spiro atoms. The number of carbonyl (C=O) groups excluding carboxylic acids is 1. The Morgan fingerprint density at radius 1 is 1.29 bits per heavy atom. The van der Waals surface area contributed by atoms with Gasteiger partial charge in [0.15, 0.2) is 0 Å². The predicted octanol–water partition coefficient (Wildman–Crippen LogP) is 2.92. The van der Waals surface area contributed by atoms with Gasteiger partial charge in [0.25, 0.3) is 0 Å². The maximum absolute atomic E-state index is 12.7. The summed E-state index contributed by atoms with van der Waals surface area (Å²) in [6.07, 6.45) is 3.06. The third-order valence-electron chi connectivity index (χ3n) is 2.69. The molecular weight excluding hydrogens is 217 g/mol. The number of hydrogen-bond acceptors (Lipinski definition) is 1. The van der Waals surface area contributed by atoms with Gasteiger partial charge in [0.05, 0.1) is 5.54 Å². The van der Waals surface area contributed by atoms with Crippen LogP contribution >= 0.6 is 0 Å². The average Bonchev–Trinajstić information content (AvgIpc) is 3.13. The summed E-state index contributed by atoms with van der Waals surface area (Å²) in [5, 5.41) is 2.87. The molecule has 0 heterocycles. The van der Waals surface area contributed by atoms with Crippen LogP contribution in [0.25, 0.3) is 0 Å². The third-order valence-corrected chi connectivity index (χ3v) is 2.69. The molecule has 0 unspecified atom stereocenters. The van der Waals surface area contributed by atoms with E-state index in [1.807, 2.05) is 0 Å². The van der Waals surface area contributed by atoms with Gasteiger partial charge in [0.2, 0.25) is 5.91 Å². The first-order valence-electron chi connectivity index (χ1n) is 5.37. The van der Waals surface area contributed by atoms with E-state index in [2.05, 4.69) is 25.1 Å². The van der Waals surface area contributed by atoms with Crippen molar-refractivity contribution in [1.29, 1.82) is 0 Å². The topological polar surface area (TPSA) is 29.1 Å². The SMILES string of the molecule is C=C.C=CC(=O)NC1(c2ccc(F)cc2)CC1. The summed E-state index contributed by atoms with van der Waals surface area (Å²) in [5.41, 5.74) is 0.679. The van der Waals surface area contributed by atoms with E-state index in [-0.39, 0.29) is 17.3 Å². The molecule has 2 rings (SSSR count). The lowest BCUT2D eigenvalue weighted by Gasteiger charge is -2.16. The van der Waals surface area contributed by atoms with Crippen LogP contribution < -0.4 is 5.32 Å². The van der Waals surface area contributed by atoms with Gasteiger partial charge in [-0.3, -0.25) is 4.79 Å². The molecule has 0 radical (unpaired) electrons. The molecule has 90 valence electrons. The van der Waals surface area contributed by atoms with Crippen molar-refractivity contribution in [2.45, 2.75) is 18.4 Å². The van der Waals surface area contributed by atoms with Crippen LogP contribution in [0, 0.1) is 5.82 Å². The number of nitrogens with one attached hydrogen (secondary N) is 1. The summed E-state index contributed by atoms with van der Waals surface area (Å²) in [5.74, 6) is -0.443. The van der Waals surface area contributed by atoms with E-state index in [0.717, 1.165) is 18.4 Å². The van der Waals surface area contributed by atoms with Crippen LogP contribution in [0.4, 0.5) is 4.39 Å². The van der Waals surface area contributed by atoms with Crippen LogP contribution in [-0.2, 0) is 10.3 Å². The third kappa shape index (κ3) is 3.03. The van der Waals surface area contributed by atoms with Crippen LogP contribution in [0.3, 0.4) is 0 Å². The second-order valence-electron chi connectivity index (χ2n) is 3.78. The van der Waals surface area contributed by atoms with Crippen LogP contribution in [-0.4, -0.2) is 5.91 Å². The molecule has 0 bridgehead atoms. The molecule has 1 saturated carbocycles. The van der Waals surface area contributed by atoms with Crippen molar-refractivity contribution >= 4 is 5.91 Å². The summed E-state index contributed by atoms with van der Waals surface area (Å²) < 4.78 is 12.7. The fraction of sp³-hybridized carbons (Fsp3) is 0.214. The van der Waals surface area contributed by atoms with Crippen molar-refractivity contribution in [3.63, 3.8) is 0 Å². The molecule has 1 fully saturated rings. The molecule has 2 nitrogen and oxygen atoms in total. The zero-order valence-electron chi connectivity index (χ0n) is 9.71. The Hall–Kier alpha value is -1.90. The first-order valence-corrected chi connectivity index (χ1v) is 5.37. The Labute approximate surface area is 101 Å². The molecule has 1 amide bonds. The zero-order chi connectivity index (χ0) is 12.9. The van der Waals surface area contributed by atoms with Crippen LogP contribution in [0.15, 0.2) is 50.1 Å². The van der Waals surface area contributed by atoms with E-state index >= 15 is 0 Å². The molecule has 1 aliphatic carbocycles. The minimum absolute atomic E-state index is 0.183. The standard InChI is InChI=1S/C12H12FNO.C2H4/c1-2-11(15)14-12(7-8-12)9-3-5-10(13)6-4-9;1-2/h2-6H,1,7-8H2,(H,14,15);1-2H2. The van der Waals surface area contributed by atoms with Gasteiger partial charge in [0.1, 0.15) is 5.82 Å². The van der Waals surface area contributed by atoms with E-state index in [1.165, 1.54) is 18.2 Å². The van der Waals surface area contributed by atoms with Crippen LogP contribution in [0.2, 0.25) is 0 Å². The Bertz CT molecular complexity index is 407. The molecule has 1 aliphatic rings. The second-order valence-corrected chi connectivity index (χ2v) is 3.78. The van der Waals surface area contributed by atoms with Gasteiger partial charge in [-0.25, -0.2) is 4.39 Å². The fourth-order valence-electron chi connectivity index (χ4n) is 1.67. The number of rotatable bonds is 3. The molecule has 0 aromatic heterocycles. The first-order chi connectivity index (χ1) is 8.16. The van der Waals surface area contributed by atoms with E-state index in [9.17, 15) is 9.18 Å². The smallest absolute Gasteiger partial charge is 0.244 e. The predicted molar refractivity (Wildman–Crippen MR) is 66.9 cm³/mol. The number of benzene rings is 1. The monoisotopic (exact) mass is 233 g/mol. The van der Waals surface area contributed by atoms with E-state index in [0.29, 0.717) is 0 Å². The average molecular weight is 233 g/mol. The minimum Gasteiger partial charge on any atom is -0.343 e. The molecule has 17 heavy (non-hydrogen) atoms. The molecule has 0 atom stereocenters. The minimum atomic E-state index is -0.279. The number of hydrogen-bond donors (Lipinski definition) is 1. The summed E-state index contributed by atoms with van der Waals surface area (Å²) in [7, 11) is 0. The van der Waals surface area contributed by atoms with Gasteiger partial charge in [-0.2, -0.15) is 0 Å². The lowest BCUT2D eigenvalue weighted by Crippen LogP contribution is -2.33. The number of halogens is 1. The molecule has 1 aromatic carbocycles. The van der Waals surface area contributed by atoms with Crippen molar-refractivity contribution in [2.75, 3.05) is 0 Å². The quantitative estimate of drug-likeness (QED) is 0.631. The highest BCUT2D eigenvalue weighted by Crippen LogP contribution is 2.45. The number of amides is 1. The van der Waals surface area contributed by atoms with Crippen molar-refractivity contribution in [3.05, 3.63) is 61.5 Å². The molecule has 0 saturated heterocycles. The van der Waals surface area contributed by atoms with E-state index in [4.69, 9.17) is 0 Å². The van der Waals surface area contributed by atoms with Crippen molar-refractivity contribution in [2.24, 2.45) is 0 Å². The lowest BCUT2D eigenvalue weighted by atomic mass is 10.0. The van der Waals surface area contributed by atoms with Gasteiger partial charge < -0.3 is 5.32 Å². The summed E-state index contributed by atoms with van der Waals surface area (Å²) in [4.78, 5) is 11.2. The second kappa shape index (κ2) is 5.43. The van der Waals surface area contributed by atoms with E-state index < -0.39 is 0 Å². The summed E-state index contributed by atoms with van der Waals surface area (Å²) >= 11 is 0. The molecule has 1 N–H and O–H groups in total. The highest BCUT2D eigenvalue weighted by Gasteiger charge is 2.45. The van der Waals surface area contributed by atoms with Gasteiger partial charge >= 0.3 is 0 Å². The maximum atomic E-state index is 12.7. The van der Waals surface area contributed by atoms with Crippen molar-refractivity contribution in [1.82, 2.24) is 5.32 Å². The van der Waals surface area contributed by atoms with Gasteiger partial charge in [-0.05, 0) is 36.6 Å². The highest BCUT2D eigenvalue weighted by molar-refractivity contribution is 5.88. The van der Waals surface area contributed by atoms with Crippen LogP contribution in [0.1, 0.15) is 18.4 Å². The summed E-state index contributed by atoms with van der Waals surface area (Å²) in [6, 6.07) is 6.25. The molecule has 1 aromatic rings. The Morgan fingerprint density at radius 2 is 1.82 bits per heavy atom. The van der Waals surface area contributed by atoms with Crippen molar-refractivity contribution < 1.29 is 9.18 Å². The largest absolute Gasteiger partial charge is 0.343 e. The van der Waals surface area contributed by atoms with Gasteiger partial charge in [-0.1, -0.05) is 18.7 Å². The highest BCUT2D eigenvalue weighted by atomic mass is 19.1. The Balaban J connectivity index is 0.000000686. The Kier molecular flexibility index (Phi) is 4.21. The molecule has 3 heteroatoms. The summed E-state index contributed by atoms with van der Waals surface area (Å²) in [6.45, 7) is 9.41. The van der Waals surface area contributed by atoms with Crippen molar-refractivity contribution in [3.8, 4) is 0 Å². The van der Waals surface area contributed by atoms with E-state index in [1.54, 1.807) is 12.1 Å². The zero-order valence-corrected chi connectivity index (χ0v) is 9.71.